The van der Waals surface area contributed by atoms with E-state index in [2.05, 4.69) is 37.9 Å². The summed E-state index contributed by atoms with van der Waals surface area (Å²) in [6.07, 6.45) is -20.0. The quantitative estimate of drug-likeness (QED) is 0.125. The molecule has 0 bridgehead atoms. The molecule has 0 spiro atoms. The van der Waals surface area contributed by atoms with E-state index in [0.717, 1.165) is 0 Å². The number of nitrogens with one attached hydrogen (secondary N) is 1. The van der Waals surface area contributed by atoms with Crippen LogP contribution >= 0.6 is 23.5 Å². The largest absolute Gasteiger partial charge is 1.00 e. The van der Waals surface area contributed by atoms with Gasteiger partial charge in [0, 0.05) is 15.8 Å². The fraction of sp³-hybridized carbons (Fsp3) is 0.600. The van der Waals surface area contributed by atoms with E-state index in [1.165, 1.54) is 0 Å². The Labute approximate surface area is 224 Å². The molecule has 1 saturated heterocycles. The molecule has 17 nitrogen and oxygen atoms in total. The number of hydrogen-bond donors (Lipinski definition) is 5. The standard InChI is InChI=1S/C10H17N2O15P3.2Li/c1-4-2-12(10(16)11-8(4)15)9-7(14)6(13)5(25-9)3-24-29(20,21)27-30(22,23)26-28(17,18)19;;/h2,5-7,9,13-14H,3H2,1H3,(H,20,21)(H,22,23)(H,11,15,16)(H2,17,18,19);;/q;2*+1/p-2/t5-,6-,7?,9-;;/m1../s1/i1D3,2D,3D2,5D,6D,7D,9D,13D,14D;;/hD3. The molecule has 0 saturated carbocycles. The van der Waals surface area contributed by atoms with Crippen LogP contribution in [-0.4, -0.2) is 60.1 Å². The van der Waals surface area contributed by atoms with Crippen molar-refractivity contribution in [1.29, 1.82) is 5.72 Å². The second-order valence-electron chi connectivity index (χ2n) is 4.61. The van der Waals surface area contributed by atoms with Gasteiger partial charge in [-0.3, -0.25) is 28.0 Å². The predicted molar refractivity (Wildman–Crippen MR) is 87.4 cm³/mol. The molecular formula is C10H15Li2N2O15P3. The van der Waals surface area contributed by atoms with Crippen molar-refractivity contribution in [3.8, 4) is 0 Å². The van der Waals surface area contributed by atoms with E-state index < -0.39 is 93.9 Å². The third-order valence-electron chi connectivity index (χ3n) is 2.48. The van der Waals surface area contributed by atoms with Crippen LogP contribution in [-0.2, 0) is 31.6 Å². The van der Waals surface area contributed by atoms with Gasteiger partial charge in [-0.05, 0) is 6.85 Å². The Morgan fingerprint density at radius 1 is 1.34 bits per heavy atom. The Hall–Kier alpha value is 0.165. The van der Waals surface area contributed by atoms with Crippen molar-refractivity contribution in [3.63, 3.8) is 0 Å². The Morgan fingerprint density at radius 2 is 2.03 bits per heavy atom. The van der Waals surface area contributed by atoms with E-state index in [-0.39, 0.29) is 37.7 Å². The minimum absolute atomic E-state index is 0. The van der Waals surface area contributed by atoms with Crippen LogP contribution in [0.15, 0.2) is 15.8 Å². The van der Waals surface area contributed by atoms with Crippen LogP contribution in [0.2, 0.25) is 1.41 Å². The maximum absolute atomic E-state index is 12.9. The van der Waals surface area contributed by atoms with Gasteiger partial charge < -0.3 is 34.5 Å². The second-order valence-corrected chi connectivity index (χ2v) is 8.79. The summed E-state index contributed by atoms with van der Waals surface area (Å²) in [5.74, 6) is 0. The smallest absolute Gasteiger partial charge is 0.756 e. The molecule has 32 heavy (non-hydrogen) atoms. The molecule has 2 heterocycles. The van der Waals surface area contributed by atoms with Gasteiger partial charge in [-0.2, -0.15) is 0 Å². The summed E-state index contributed by atoms with van der Waals surface area (Å²) < 4.78 is 165. The van der Waals surface area contributed by atoms with Gasteiger partial charge >= 0.3 is 51.2 Å². The van der Waals surface area contributed by atoms with Gasteiger partial charge in [-0.25, -0.2) is 18.0 Å². The predicted octanol–water partition coefficient (Wildman–Crippen LogP) is -9.45. The van der Waals surface area contributed by atoms with E-state index >= 15 is 0 Å². The normalized spacial score (nSPS) is 45.1. The van der Waals surface area contributed by atoms with Crippen molar-refractivity contribution in [2.75, 3.05) is 6.56 Å². The Kier molecular flexibility index (Phi) is 5.37. The van der Waals surface area contributed by atoms with Gasteiger partial charge in [0.25, 0.3) is 21.2 Å². The number of ether oxygens (including phenoxy) is 1. The molecule has 0 aliphatic carbocycles. The second kappa shape index (κ2) is 11.7. The molecule has 172 valence electrons. The number of rotatable bonds is 12. The molecule has 4 unspecified atom stereocenters. The third kappa shape index (κ3) is 8.75. The summed E-state index contributed by atoms with van der Waals surface area (Å²) in [5.41, 5.74) is -6.07. The molecule has 0 aromatic carbocycles. The molecule has 22 heteroatoms. The Balaban J connectivity index is 0.0000106. The van der Waals surface area contributed by atoms with E-state index in [9.17, 15) is 33.1 Å². The van der Waals surface area contributed by atoms with Gasteiger partial charge in [0.05, 0.1) is 16.2 Å². The first-order chi connectivity index (χ1) is 20.0. The number of phosphoric ester groups is 1. The molecule has 2 rings (SSSR count). The van der Waals surface area contributed by atoms with Crippen molar-refractivity contribution >= 4 is 23.5 Å². The van der Waals surface area contributed by atoms with Crippen LogP contribution in [0, 0.1) is 6.85 Å². The first-order valence-electron chi connectivity index (χ1n) is 13.6. The summed E-state index contributed by atoms with van der Waals surface area (Å²) in [4.78, 5) is 53.5. The van der Waals surface area contributed by atoms with E-state index in [1.807, 2.05) is 0 Å². The van der Waals surface area contributed by atoms with Crippen molar-refractivity contribution in [3.05, 3.63) is 32.6 Å². The van der Waals surface area contributed by atoms with Crippen molar-refractivity contribution in [2.24, 2.45) is 0 Å². The number of hydrogen-bond acceptors (Lipinski definition) is 15. The fourth-order valence-corrected chi connectivity index (χ4v) is 4.19. The minimum atomic E-state index is -6.69. The fourth-order valence-electron chi connectivity index (χ4n) is 1.52. The number of H-pyrrole nitrogens is 1. The Morgan fingerprint density at radius 3 is 2.59 bits per heavy atom. The molecular weight excluding hydrogens is 495 g/mol. The molecule has 1 aromatic rings. The summed E-state index contributed by atoms with van der Waals surface area (Å²) in [5, 5.41) is 7.73. The van der Waals surface area contributed by atoms with Crippen LogP contribution < -0.4 is 58.8 Å². The first kappa shape index (κ1) is 14.7. The average molecular weight is 525 g/mol. The van der Waals surface area contributed by atoms with Crippen LogP contribution in [0.3, 0.4) is 0 Å². The molecule has 1 aliphatic heterocycles. The summed E-state index contributed by atoms with van der Waals surface area (Å²) in [6.45, 7) is -8.47. The summed E-state index contributed by atoms with van der Waals surface area (Å²) in [7, 11) is -19.4. The summed E-state index contributed by atoms with van der Waals surface area (Å²) in [6, 6.07) is 0. The third-order valence-corrected chi connectivity index (χ3v) is 6.00. The van der Waals surface area contributed by atoms with Crippen molar-refractivity contribution in [1.82, 2.24) is 9.54 Å². The summed E-state index contributed by atoms with van der Waals surface area (Å²) >= 11 is 0. The van der Waals surface area contributed by atoms with E-state index in [4.69, 9.17) is 20.8 Å². The molecule has 7 atom stereocenters. The van der Waals surface area contributed by atoms with Crippen LogP contribution in [0.4, 0.5) is 0 Å². The van der Waals surface area contributed by atoms with Crippen molar-refractivity contribution < 1.29 is 114 Å². The minimum Gasteiger partial charge on any atom is -0.756 e. The van der Waals surface area contributed by atoms with Crippen LogP contribution in [0.5, 0.6) is 0 Å². The number of nitrogens with zero attached hydrogens (tertiary/aromatic N) is 1. The van der Waals surface area contributed by atoms with E-state index in [0.29, 0.717) is 0 Å². The molecule has 1 fully saturated rings. The number of aromatic amines is 1. The SMILES string of the molecule is [2H]OC1([2H])[C@]([2H])(n2c([2H])c(C([2H])([2H])[2H])c(=O)n([2H])c2=O)O[C@]([2H])(C([2H])([2H])OP(=O)(O[2H])OP(=O)([O-])OP(=O)([O-])O[2H])[C@@]1([2H])O[2H].[Li+].[Li+]. The maximum Gasteiger partial charge on any atom is 1.00 e. The first-order valence-corrected chi connectivity index (χ1v) is 10.9. The monoisotopic (exact) mass is 525 g/mol. The van der Waals surface area contributed by atoms with Gasteiger partial charge in [-0.1, -0.05) is 0 Å². The zero-order valence-electron chi connectivity index (χ0n) is 30.4. The van der Waals surface area contributed by atoms with Gasteiger partial charge in [0.1, 0.15) is 18.2 Å². The zero-order valence-corrected chi connectivity index (χ0v) is 18.0. The molecule has 1 aromatic heterocycles. The van der Waals surface area contributed by atoms with Crippen LogP contribution in [0.25, 0.3) is 0 Å². The molecule has 0 amide bonds. The van der Waals surface area contributed by atoms with E-state index in [1.54, 1.807) is 0 Å². The molecule has 0 radical (unpaired) electrons. The number of aliphatic hydroxyl groups is 2. The zero-order chi connectivity index (χ0) is 35.6. The average Bonchev–Trinajstić information content (AvgIpc) is 3.02. The van der Waals surface area contributed by atoms with Gasteiger partial charge in [-0.15, -0.1) is 0 Å². The number of aromatic nitrogens is 2. The number of phosphoric acid groups is 3. The maximum atomic E-state index is 12.9. The molecule has 1 aliphatic rings. The molecule has 5 N–H and O–H groups in total. The van der Waals surface area contributed by atoms with Crippen LogP contribution in [0.1, 0.15) is 25.5 Å². The van der Waals surface area contributed by atoms with Crippen molar-refractivity contribution in [2.45, 2.75) is 31.3 Å². The Bertz CT molecular complexity index is 1620. The van der Waals surface area contributed by atoms with Gasteiger partial charge in [0.15, 0.2) is 7.62 Å². The van der Waals surface area contributed by atoms with Gasteiger partial charge in [0.2, 0.25) is 5.72 Å². The topological polar surface area (TPSA) is 270 Å².